The van der Waals surface area contributed by atoms with Gasteiger partial charge in [-0.3, -0.25) is 4.79 Å². The number of hydrogen-bond acceptors (Lipinski definition) is 8. The Bertz CT molecular complexity index is 616. The Morgan fingerprint density at radius 2 is 2.14 bits per heavy atom. The van der Waals surface area contributed by atoms with E-state index < -0.39 is 0 Å². The van der Waals surface area contributed by atoms with E-state index in [4.69, 9.17) is 9.26 Å². The molecule has 2 rings (SSSR count). The van der Waals surface area contributed by atoms with Crippen LogP contribution in [0.25, 0.3) is 0 Å². The molecule has 0 atom stereocenters. The fraction of sp³-hybridized carbons (Fsp3) is 0.462. The second-order valence-electron chi connectivity index (χ2n) is 4.32. The highest BCUT2D eigenvalue weighted by Gasteiger charge is 2.18. The first-order valence-electron chi connectivity index (χ1n) is 6.63. The fourth-order valence-electron chi connectivity index (χ4n) is 1.75. The minimum Gasteiger partial charge on any atom is -0.377 e. The number of ether oxygens (including phenoxy) is 1. The number of rotatable bonds is 7. The lowest BCUT2D eigenvalue weighted by Gasteiger charge is -2.18. The molecule has 0 aromatic carbocycles. The maximum atomic E-state index is 12.4. The van der Waals surface area contributed by atoms with Crippen LogP contribution in [0.2, 0.25) is 0 Å². The lowest BCUT2D eigenvalue weighted by molar-refractivity contribution is 0.0733. The summed E-state index contributed by atoms with van der Waals surface area (Å²) in [4.78, 5) is 26.4. The molecular weight excluding hydrogens is 306 g/mol. The lowest BCUT2D eigenvalue weighted by atomic mass is 10.3. The third-order valence-corrected chi connectivity index (χ3v) is 3.41. The van der Waals surface area contributed by atoms with E-state index in [0.29, 0.717) is 29.0 Å². The van der Waals surface area contributed by atoms with Crippen molar-refractivity contribution >= 4 is 17.7 Å². The first-order valence-corrected chi connectivity index (χ1v) is 7.86. The van der Waals surface area contributed by atoms with E-state index in [1.54, 1.807) is 12.0 Å². The first kappa shape index (κ1) is 16.4. The van der Waals surface area contributed by atoms with Gasteiger partial charge < -0.3 is 14.2 Å². The van der Waals surface area contributed by atoms with E-state index in [1.807, 2.05) is 13.2 Å². The van der Waals surface area contributed by atoms with Crippen molar-refractivity contribution in [2.75, 3.05) is 19.9 Å². The summed E-state index contributed by atoms with van der Waals surface area (Å²) >= 11 is 1.42. The maximum Gasteiger partial charge on any atom is 0.257 e. The van der Waals surface area contributed by atoms with Crippen molar-refractivity contribution in [2.45, 2.75) is 25.2 Å². The van der Waals surface area contributed by atoms with Crippen LogP contribution in [0.4, 0.5) is 0 Å². The molecule has 0 aliphatic heterocycles. The predicted molar refractivity (Wildman–Crippen MR) is 79.2 cm³/mol. The topological polar surface area (TPSA) is 94.2 Å². The normalized spacial score (nSPS) is 10.7. The predicted octanol–water partition coefficient (Wildman–Crippen LogP) is 1.39. The van der Waals surface area contributed by atoms with Crippen LogP contribution in [0, 0.1) is 0 Å². The first-order chi connectivity index (χ1) is 10.7. The molecule has 118 valence electrons. The fourth-order valence-corrected chi connectivity index (χ4v) is 2.06. The van der Waals surface area contributed by atoms with Crippen LogP contribution in [0.5, 0.6) is 0 Å². The zero-order valence-corrected chi connectivity index (χ0v) is 13.5. The number of methoxy groups -OCH3 is 1. The number of carbonyl (C=O) groups excluding carboxylic acids is 1. The van der Waals surface area contributed by atoms with E-state index in [1.165, 1.54) is 24.2 Å². The number of hydrogen-bond donors (Lipinski definition) is 0. The zero-order valence-electron chi connectivity index (χ0n) is 12.6. The van der Waals surface area contributed by atoms with Gasteiger partial charge in [-0.25, -0.2) is 9.97 Å². The number of nitrogens with zero attached hydrogens (tertiary/aromatic N) is 5. The van der Waals surface area contributed by atoms with Gasteiger partial charge in [0.15, 0.2) is 11.0 Å². The maximum absolute atomic E-state index is 12.4. The van der Waals surface area contributed by atoms with Crippen LogP contribution < -0.4 is 0 Å². The molecule has 9 heteroatoms. The van der Waals surface area contributed by atoms with E-state index >= 15 is 0 Å². The third kappa shape index (κ3) is 4.01. The molecule has 2 aromatic heterocycles. The summed E-state index contributed by atoms with van der Waals surface area (Å²) in [5, 5.41) is 4.40. The van der Waals surface area contributed by atoms with Gasteiger partial charge in [0.25, 0.3) is 5.91 Å². The van der Waals surface area contributed by atoms with Crippen molar-refractivity contribution in [3.8, 4) is 0 Å². The van der Waals surface area contributed by atoms with E-state index in [0.717, 1.165) is 0 Å². The molecule has 0 bridgehead atoms. The zero-order chi connectivity index (χ0) is 15.9. The minimum absolute atomic E-state index is 0.179. The Hall–Kier alpha value is -2.00. The third-order valence-electron chi connectivity index (χ3n) is 2.84. The standard InChI is InChI=1S/C13H17N5O3S/c1-4-18(7-11-16-10(8-20-2)17-21-11)12(19)9-5-14-13(22-3)15-6-9/h5-6H,4,7-8H2,1-3H3. The molecule has 2 heterocycles. The average molecular weight is 323 g/mol. The molecule has 0 fully saturated rings. The van der Waals surface area contributed by atoms with Gasteiger partial charge in [0.2, 0.25) is 5.89 Å². The second-order valence-corrected chi connectivity index (χ2v) is 5.09. The highest BCUT2D eigenvalue weighted by atomic mass is 32.2. The summed E-state index contributed by atoms with van der Waals surface area (Å²) in [7, 11) is 1.55. The van der Waals surface area contributed by atoms with Gasteiger partial charge in [-0.15, -0.1) is 0 Å². The Morgan fingerprint density at radius 3 is 2.73 bits per heavy atom. The number of amides is 1. The quantitative estimate of drug-likeness (QED) is 0.557. The Kier molecular flexibility index (Phi) is 5.84. The van der Waals surface area contributed by atoms with Gasteiger partial charge in [0.05, 0.1) is 5.56 Å². The number of carbonyl (C=O) groups is 1. The Labute approximate surface area is 132 Å². The molecule has 2 aromatic rings. The molecule has 0 spiro atoms. The molecule has 8 nitrogen and oxygen atoms in total. The van der Waals surface area contributed by atoms with Crippen LogP contribution in [-0.2, 0) is 17.9 Å². The molecule has 0 saturated heterocycles. The molecule has 0 saturated carbocycles. The monoisotopic (exact) mass is 323 g/mol. The van der Waals surface area contributed by atoms with E-state index in [2.05, 4.69) is 20.1 Å². The van der Waals surface area contributed by atoms with Gasteiger partial charge in [0.1, 0.15) is 13.2 Å². The Morgan fingerprint density at radius 1 is 1.41 bits per heavy atom. The molecule has 0 aliphatic rings. The average Bonchev–Trinajstić information content (AvgIpc) is 2.99. The molecule has 1 amide bonds. The summed E-state index contributed by atoms with van der Waals surface area (Å²) in [6.45, 7) is 2.89. The van der Waals surface area contributed by atoms with Crippen molar-refractivity contribution in [3.05, 3.63) is 29.7 Å². The van der Waals surface area contributed by atoms with Crippen LogP contribution in [0.15, 0.2) is 22.1 Å². The molecule has 0 radical (unpaired) electrons. The molecule has 0 unspecified atom stereocenters. The van der Waals surface area contributed by atoms with Crippen molar-refractivity contribution in [2.24, 2.45) is 0 Å². The SMILES string of the molecule is CCN(Cc1nc(COC)no1)C(=O)c1cnc(SC)nc1. The van der Waals surface area contributed by atoms with Crippen LogP contribution in [-0.4, -0.2) is 50.8 Å². The van der Waals surface area contributed by atoms with Crippen molar-refractivity contribution < 1.29 is 14.1 Å². The lowest BCUT2D eigenvalue weighted by Crippen LogP contribution is -2.30. The van der Waals surface area contributed by atoms with Gasteiger partial charge in [0, 0.05) is 26.0 Å². The van der Waals surface area contributed by atoms with Crippen molar-refractivity contribution in [1.82, 2.24) is 25.0 Å². The van der Waals surface area contributed by atoms with E-state index in [9.17, 15) is 4.79 Å². The molecule has 0 N–H and O–H groups in total. The molecule has 22 heavy (non-hydrogen) atoms. The summed E-state index contributed by atoms with van der Waals surface area (Å²) < 4.78 is 10.0. The smallest absolute Gasteiger partial charge is 0.257 e. The van der Waals surface area contributed by atoms with E-state index in [-0.39, 0.29) is 19.1 Å². The van der Waals surface area contributed by atoms with Crippen LogP contribution >= 0.6 is 11.8 Å². The summed E-state index contributed by atoms with van der Waals surface area (Å²) in [5.74, 6) is 0.638. The van der Waals surface area contributed by atoms with Crippen molar-refractivity contribution in [1.29, 1.82) is 0 Å². The number of aromatic nitrogens is 4. The van der Waals surface area contributed by atoms with Gasteiger partial charge >= 0.3 is 0 Å². The Balaban J connectivity index is 2.07. The minimum atomic E-state index is -0.179. The highest BCUT2D eigenvalue weighted by Crippen LogP contribution is 2.11. The van der Waals surface area contributed by atoms with Crippen LogP contribution in [0.1, 0.15) is 29.0 Å². The van der Waals surface area contributed by atoms with Crippen LogP contribution in [0.3, 0.4) is 0 Å². The summed E-state index contributed by atoms with van der Waals surface area (Å²) in [6.07, 6.45) is 4.92. The van der Waals surface area contributed by atoms with Gasteiger partial charge in [-0.2, -0.15) is 4.98 Å². The van der Waals surface area contributed by atoms with Crippen molar-refractivity contribution in [3.63, 3.8) is 0 Å². The number of thioether (sulfide) groups is 1. The largest absolute Gasteiger partial charge is 0.377 e. The van der Waals surface area contributed by atoms with Gasteiger partial charge in [-0.1, -0.05) is 16.9 Å². The summed E-state index contributed by atoms with van der Waals surface area (Å²) in [6, 6.07) is 0. The molecular formula is C13H17N5O3S. The van der Waals surface area contributed by atoms with Gasteiger partial charge in [-0.05, 0) is 13.2 Å². The summed E-state index contributed by atoms with van der Waals surface area (Å²) in [5.41, 5.74) is 0.427. The second kappa shape index (κ2) is 7.85. The highest BCUT2D eigenvalue weighted by molar-refractivity contribution is 7.98. The molecule has 0 aliphatic carbocycles.